The summed E-state index contributed by atoms with van der Waals surface area (Å²) < 4.78 is 7.21. The van der Waals surface area contributed by atoms with Crippen molar-refractivity contribution < 1.29 is 9.53 Å². The molecule has 0 aliphatic heterocycles. The molecule has 2 atom stereocenters. The molecular weight excluding hydrogens is 440 g/mol. The van der Waals surface area contributed by atoms with Crippen molar-refractivity contribution >= 4 is 24.2 Å². The number of hydrogen-bond acceptors (Lipinski definition) is 2. The molecule has 0 saturated heterocycles. The zero-order valence-electron chi connectivity index (χ0n) is 18.1. The van der Waals surface area contributed by atoms with Gasteiger partial charge in [-0.2, -0.15) is 0 Å². The van der Waals surface area contributed by atoms with Crippen LogP contribution in [0.3, 0.4) is 0 Å². The van der Waals surface area contributed by atoms with Crippen molar-refractivity contribution in [2.24, 2.45) is 0 Å². The topological polar surface area (TPSA) is 29.5 Å². The predicted octanol–water partition coefficient (Wildman–Crippen LogP) is 7.40. The third-order valence-corrected chi connectivity index (χ3v) is 10.7. The van der Waals surface area contributed by atoms with E-state index in [0.29, 0.717) is 6.61 Å². The number of aliphatic hydroxyl groups excluding tert-OH is 1. The van der Waals surface area contributed by atoms with E-state index in [1.165, 1.54) is 0 Å². The Morgan fingerprint density at radius 1 is 0.966 bits per heavy atom. The van der Waals surface area contributed by atoms with Gasteiger partial charge in [-0.25, -0.2) is 0 Å². The molecule has 0 fully saturated rings. The van der Waals surface area contributed by atoms with Gasteiger partial charge < -0.3 is 9.53 Å². The molecule has 2 nitrogen and oxygen atoms in total. The van der Waals surface area contributed by atoms with Crippen LogP contribution in [0.4, 0.5) is 0 Å². The largest absolute Gasteiger partial charge is 0.413 e. The monoisotopic (exact) mass is 472 g/mol. The van der Waals surface area contributed by atoms with Gasteiger partial charge in [0.25, 0.3) is 0 Å². The standard InChI is InChI=1S/C25H33BrO2Si/c1-25(2,3)29(4,5)28-19-11-7-10-14-23(20-15-17-22(26)18-16-20)24(27)21-12-8-6-9-13-21/h6-18,23-24,27H,19H2,1-5H3/b11-7+,14-10-/t23-,24-/m1/s1. The second-order valence-corrected chi connectivity index (χ2v) is 14.5. The highest BCUT2D eigenvalue weighted by Gasteiger charge is 2.36. The fourth-order valence-electron chi connectivity index (χ4n) is 2.73. The van der Waals surface area contributed by atoms with Gasteiger partial charge in [0, 0.05) is 10.4 Å². The first-order chi connectivity index (χ1) is 13.6. The van der Waals surface area contributed by atoms with Crippen LogP contribution in [0.15, 0.2) is 83.4 Å². The Balaban J connectivity index is 2.10. The average Bonchev–Trinajstić information content (AvgIpc) is 2.68. The van der Waals surface area contributed by atoms with Crippen LogP contribution in [-0.2, 0) is 4.43 Å². The first-order valence-electron chi connectivity index (χ1n) is 10.1. The maximum absolute atomic E-state index is 11.0. The van der Waals surface area contributed by atoms with Crippen LogP contribution in [-0.4, -0.2) is 20.0 Å². The van der Waals surface area contributed by atoms with Crippen LogP contribution >= 0.6 is 15.9 Å². The van der Waals surface area contributed by atoms with Gasteiger partial charge in [-0.1, -0.05) is 103 Å². The van der Waals surface area contributed by atoms with Crippen LogP contribution in [0.5, 0.6) is 0 Å². The number of benzene rings is 2. The van der Waals surface area contributed by atoms with Gasteiger partial charge in [0.05, 0.1) is 12.7 Å². The molecule has 4 heteroatoms. The summed E-state index contributed by atoms with van der Waals surface area (Å²) in [6.45, 7) is 11.9. The first-order valence-corrected chi connectivity index (χ1v) is 13.8. The number of allylic oxidation sites excluding steroid dienone is 2. The van der Waals surface area contributed by atoms with Crippen LogP contribution in [0.1, 0.15) is 43.9 Å². The van der Waals surface area contributed by atoms with E-state index in [4.69, 9.17) is 4.43 Å². The van der Waals surface area contributed by atoms with Crippen molar-refractivity contribution in [1.82, 2.24) is 0 Å². The van der Waals surface area contributed by atoms with Crippen LogP contribution in [0.2, 0.25) is 18.1 Å². The summed E-state index contributed by atoms with van der Waals surface area (Å²) in [5, 5.41) is 11.2. The van der Waals surface area contributed by atoms with Gasteiger partial charge in [-0.3, -0.25) is 0 Å². The molecule has 0 bridgehead atoms. The molecule has 0 unspecified atom stereocenters. The van der Waals surface area contributed by atoms with Gasteiger partial charge >= 0.3 is 0 Å². The molecule has 0 spiro atoms. The molecule has 2 aromatic carbocycles. The lowest BCUT2D eigenvalue weighted by Crippen LogP contribution is -2.40. The van der Waals surface area contributed by atoms with Crippen LogP contribution in [0, 0.1) is 0 Å². The lowest BCUT2D eigenvalue weighted by atomic mass is 9.89. The van der Waals surface area contributed by atoms with Crippen molar-refractivity contribution in [3.05, 3.63) is 94.5 Å². The molecule has 1 N–H and O–H groups in total. The number of hydrogen-bond donors (Lipinski definition) is 1. The molecule has 156 valence electrons. The SMILES string of the molecule is CC(C)(C)[Si](C)(C)OC/C=C/C=C\[C@H](c1ccc(Br)cc1)[C@H](O)c1ccccc1. The van der Waals surface area contributed by atoms with Gasteiger partial charge in [0.15, 0.2) is 8.32 Å². The minimum Gasteiger partial charge on any atom is -0.413 e. The summed E-state index contributed by atoms with van der Waals surface area (Å²) in [4.78, 5) is 0. The van der Waals surface area contributed by atoms with Crippen molar-refractivity contribution in [3.63, 3.8) is 0 Å². The summed E-state index contributed by atoms with van der Waals surface area (Å²) in [6.07, 6.45) is 7.52. The Morgan fingerprint density at radius 3 is 2.17 bits per heavy atom. The number of aliphatic hydroxyl groups is 1. The van der Waals surface area contributed by atoms with Gasteiger partial charge in [-0.05, 0) is 41.4 Å². The maximum atomic E-state index is 11.0. The molecule has 2 aromatic rings. The highest BCUT2D eigenvalue weighted by molar-refractivity contribution is 9.10. The molecule has 0 radical (unpaired) electrons. The second kappa shape index (κ2) is 10.5. The summed E-state index contributed by atoms with van der Waals surface area (Å²) in [5.74, 6) is -0.128. The lowest BCUT2D eigenvalue weighted by molar-refractivity contribution is 0.162. The average molecular weight is 474 g/mol. The summed E-state index contributed by atoms with van der Waals surface area (Å²) in [5.41, 5.74) is 1.99. The molecule has 29 heavy (non-hydrogen) atoms. The fraction of sp³-hybridized carbons (Fsp3) is 0.360. The smallest absolute Gasteiger partial charge is 0.192 e. The molecular formula is C25H33BrO2Si. The Hall–Kier alpha value is -1.46. The first kappa shape index (κ1) is 23.8. The number of rotatable bonds is 8. The van der Waals surface area contributed by atoms with E-state index >= 15 is 0 Å². The molecule has 0 saturated carbocycles. The van der Waals surface area contributed by atoms with Crippen molar-refractivity contribution in [2.75, 3.05) is 6.61 Å². The molecule has 0 heterocycles. The van der Waals surface area contributed by atoms with Gasteiger partial charge in [-0.15, -0.1) is 0 Å². The predicted molar refractivity (Wildman–Crippen MR) is 130 cm³/mol. The van der Waals surface area contributed by atoms with Crippen LogP contribution < -0.4 is 0 Å². The van der Waals surface area contributed by atoms with Gasteiger partial charge in [0.2, 0.25) is 0 Å². The molecule has 0 amide bonds. The van der Waals surface area contributed by atoms with E-state index in [1.54, 1.807) is 0 Å². The highest BCUT2D eigenvalue weighted by Crippen LogP contribution is 2.36. The van der Waals surface area contributed by atoms with E-state index in [2.05, 4.69) is 68.0 Å². The molecule has 0 aromatic heterocycles. The maximum Gasteiger partial charge on any atom is 0.192 e. The minimum atomic E-state index is -1.73. The highest BCUT2D eigenvalue weighted by atomic mass is 79.9. The van der Waals surface area contributed by atoms with Gasteiger partial charge in [0.1, 0.15) is 0 Å². The Morgan fingerprint density at radius 2 is 1.59 bits per heavy atom. The molecule has 0 aliphatic rings. The minimum absolute atomic E-state index is 0.128. The third kappa shape index (κ3) is 7.07. The zero-order valence-corrected chi connectivity index (χ0v) is 20.7. The van der Waals surface area contributed by atoms with E-state index < -0.39 is 14.4 Å². The Bertz CT molecular complexity index is 805. The normalized spacial score (nSPS) is 15.1. The second-order valence-electron chi connectivity index (χ2n) is 8.82. The van der Waals surface area contributed by atoms with E-state index in [1.807, 2.05) is 60.7 Å². The van der Waals surface area contributed by atoms with Crippen molar-refractivity contribution in [1.29, 1.82) is 0 Å². The third-order valence-electron chi connectivity index (χ3n) is 5.65. The van der Waals surface area contributed by atoms with E-state index in [-0.39, 0.29) is 11.0 Å². The van der Waals surface area contributed by atoms with E-state index in [9.17, 15) is 5.11 Å². The molecule has 2 rings (SSSR count). The zero-order chi connectivity index (χ0) is 21.5. The van der Waals surface area contributed by atoms with Crippen molar-refractivity contribution in [2.45, 2.75) is 50.9 Å². The van der Waals surface area contributed by atoms with E-state index in [0.717, 1.165) is 15.6 Å². The van der Waals surface area contributed by atoms with Crippen LogP contribution in [0.25, 0.3) is 0 Å². The Kier molecular flexibility index (Phi) is 8.65. The summed E-state index contributed by atoms with van der Waals surface area (Å²) in [6, 6.07) is 17.9. The van der Waals surface area contributed by atoms with Crippen molar-refractivity contribution in [3.8, 4) is 0 Å². The Labute approximate surface area is 185 Å². The lowest BCUT2D eigenvalue weighted by Gasteiger charge is -2.35. The fourth-order valence-corrected chi connectivity index (χ4v) is 3.94. The molecule has 0 aliphatic carbocycles. The number of halogens is 1. The quantitative estimate of drug-likeness (QED) is 0.320. The summed E-state index contributed by atoms with van der Waals surface area (Å²) in [7, 11) is -1.73. The summed E-state index contributed by atoms with van der Waals surface area (Å²) >= 11 is 3.49.